The average Bonchev–Trinajstić information content (AvgIpc) is 2.19. The highest BCUT2D eigenvalue weighted by atomic mass is 79.9. The van der Waals surface area contributed by atoms with Gasteiger partial charge in [0.1, 0.15) is 5.82 Å². The first-order chi connectivity index (χ1) is 6.63. The summed E-state index contributed by atoms with van der Waals surface area (Å²) in [6.45, 7) is 2.32. The Balaban J connectivity index is 2.62. The van der Waals surface area contributed by atoms with Crippen molar-refractivity contribution >= 4 is 15.9 Å². The molecule has 0 radical (unpaired) electrons. The zero-order valence-corrected chi connectivity index (χ0v) is 9.51. The van der Waals surface area contributed by atoms with Gasteiger partial charge in [-0.15, -0.1) is 0 Å². The maximum atomic E-state index is 13.2. The number of hydrogen-bond acceptors (Lipinski definition) is 2. The van der Waals surface area contributed by atoms with Crippen LogP contribution in [0.1, 0.15) is 12.5 Å². The van der Waals surface area contributed by atoms with Gasteiger partial charge in [-0.2, -0.15) is 0 Å². The van der Waals surface area contributed by atoms with Crippen molar-refractivity contribution in [3.63, 3.8) is 0 Å². The Kier molecular flexibility index (Phi) is 4.51. The van der Waals surface area contributed by atoms with Crippen molar-refractivity contribution in [2.45, 2.75) is 19.5 Å². The summed E-state index contributed by atoms with van der Waals surface area (Å²) in [7, 11) is 0. The van der Waals surface area contributed by atoms with Crippen LogP contribution >= 0.6 is 15.9 Å². The molecule has 2 nitrogen and oxygen atoms in total. The third-order valence-electron chi connectivity index (χ3n) is 1.92. The molecule has 0 aliphatic carbocycles. The third kappa shape index (κ3) is 3.36. The second-order valence-corrected chi connectivity index (χ2v) is 4.12. The van der Waals surface area contributed by atoms with E-state index in [4.69, 9.17) is 5.11 Å². The topological polar surface area (TPSA) is 32.3 Å². The summed E-state index contributed by atoms with van der Waals surface area (Å²) in [5.41, 5.74) is 0.597. The number of aliphatic hydroxyl groups is 1. The monoisotopic (exact) mass is 261 g/mol. The second kappa shape index (κ2) is 5.44. The normalized spacial score (nSPS) is 12.9. The van der Waals surface area contributed by atoms with Crippen LogP contribution in [0.4, 0.5) is 4.39 Å². The van der Waals surface area contributed by atoms with E-state index in [1.54, 1.807) is 12.1 Å². The molecule has 0 unspecified atom stereocenters. The Morgan fingerprint density at radius 3 is 2.93 bits per heavy atom. The van der Waals surface area contributed by atoms with E-state index in [9.17, 15) is 4.39 Å². The van der Waals surface area contributed by atoms with Gasteiger partial charge in [0.15, 0.2) is 0 Å². The van der Waals surface area contributed by atoms with E-state index in [2.05, 4.69) is 21.2 Å². The SMILES string of the molecule is C[C@@H](CO)NCc1cc(Br)ccc1F. The minimum atomic E-state index is -0.231. The van der Waals surface area contributed by atoms with Crippen LogP contribution in [-0.4, -0.2) is 17.8 Å². The van der Waals surface area contributed by atoms with Gasteiger partial charge >= 0.3 is 0 Å². The molecule has 0 spiro atoms. The molecule has 0 aliphatic heterocycles. The van der Waals surface area contributed by atoms with E-state index in [-0.39, 0.29) is 18.5 Å². The van der Waals surface area contributed by atoms with Gasteiger partial charge in [0.25, 0.3) is 0 Å². The van der Waals surface area contributed by atoms with Gasteiger partial charge in [-0.05, 0) is 25.1 Å². The Labute approximate surface area is 91.3 Å². The smallest absolute Gasteiger partial charge is 0.127 e. The predicted octanol–water partition coefficient (Wildman–Crippen LogP) is 2.06. The summed E-state index contributed by atoms with van der Waals surface area (Å²) in [5, 5.41) is 11.8. The molecule has 0 saturated carbocycles. The fraction of sp³-hybridized carbons (Fsp3) is 0.400. The van der Waals surface area contributed by atoms with Crippen LogP contribution in [0.3, 0.4) is 0 Å². The Morgan fingerprint density at radius 2 is 2.29 bits per heavy atom. The van der Waals surface area contributed by atoms with Crippen molar-refractivity contribution in [2.24, 2.45) is 0 Å². The Morgan fingerprint density at radius 1 is 1.57 bits per heavy atom. The highest BCUT2D eigenvalue weighted by Crippen LogP contribution is 2.15. The molecule has 0 aliphatic rings. The maximum Gasteiger partial charge on any atom is 0.127 e. The first-order valence-electron chi connectivity index (χ1n) is 4.41. The van der Waals surface area contributed by atoms with E-state index < -0.39 is 0 Å². The molecule has 0 amide bonds. The van der Waals surface area contributed by atoms with Gasteiger partial charge < -0.3 is 10.4 Å². The van der Waals surface area contributed by atoms with Crippen LogP contribution in [-0.2, 0) is 6.54 Å². The van der Waals surface area contributed by atoms with E-state index in [1.165, 1.54) is 6.07 Å². The number of hydrogen-bond donors (Lipinski definition) is 2. The number of rotatable bonds is 4. The second-order valence-electron chi connectivity index (χ2n) is 3.20. The Bertz CT molecular complexity index is 306. The van der Waals surface area contributed by atoms with Crippen molar-refractivity contribution in [1.29, 1.82) is 0 Å². The standard InChI is InChI=1S/C10H13BrFNO/c1-7(6-14)13-5-8-4-9(11)2-3-10(8)12/h2-4,7,13-14H,5-6H2,1H3/t7-/m0/s1. The molecule has 1 aromatic carbocycles. The molecular weight excluding hydrogens is 249 g/mol. The summed E-state index contributed by atoms with van der Waals surface area (Å²) in [4.78, 5) is 0. The molecule has 0 bridgehead atoms. The highest BCUT2D eigenvalue weighted by molar-refractivity contribution is 9.10. The number of benzene rings is 1. The summed E-state index contributed by atoms with van der Waals surface area (Å²) < 4.78 is 14.1. The van der Waals surface area contributed by atoms with Gasteiger partial charge in [0, 0.05) is 22.6 Å². The first-order valence-corrected chi connectivity index (χ1v) is 5.21. The van der Waals surface area contributed by atoms with Gasteiger partial charge in [-0.3, -0.25) is 0 Å². The van der Waals surface area contributed by atoms with E-state index in [0.29, 0.717) is 12.1 Å². The van der Waals surface area contributed by atoms with Crippen molar-refractivity contribution in [1.82, 2.24) is 5.32 Å². The molecule has 4 heteroatoms. The van der Waals surface area contributed by atoms with Crippen LogP contribution in [0.15, 0.2) is 22.7 Å². The molecule has 1 aromatic rings. The molecule has 2 N–H and O–H groups in total. The van der Waals surface area contributed by atoms with Crippen molar-refractivity contribution in [3.05, 3.63) is 34.1 Å². The fourth-order valence-electron chi connectivity index (χ4n) is 1.03. The van der Waals surface area contributed by atoms with Crippen LogP contribution < -0.4 is 5.32 Å². The molecule has 0 heterocycles. The van der Waals surface area contributed by atoms with E-state index >= 15 is 0 Å². The number of halogens is 2. The largest absolute Gasteiger partial charge is 0.395 e. The summed E-state index contributed by atoms with van der Waals surface area (Å²) in [5.74, 6) is -0.231. The average molecular weight is 262 g/mol. The van der Waals surface area contributed by atoms with Gasteiger partial charge in [0.2, 0.25) is 0 Å². The molecule has 78 valence electrons. The number of aliphatic hydroxyl groups excluding tert-OH is 1. The summed E-state index contributed by atoms with van der Waals surface area (Å²) in [6, 6.07) is 4.79. The van der Waals surface area contributed by atoms with Crippen molar-refractivity contribution in [2.75, 3.05) is 6.61 Å². The zero-order valence-electron chi connectivity index (χ0n) is 7.93. The van der Waals surface area contributed by atoms with Gasteiger partial charge in [-0.1, -0.05) is 15.9 Å². The van der Waals surface area contributed by atoms with Crippen LogP contribution in [0.2, 0.25) is 0 Å². The molecule has 0 fully saturated rings. The zero-order chi connectivity index (χ0) is 10.6. The van der Waals surface area contributed by atoms with Crippen molar-refractivity contribution < 1.29 is 9.50 Å². The molecule has 0 saturated heterocycles. The quantitative estimate of drug-likeness (QED) is 0.870. The van der Waals surface area contributed by atoms with E-state index in [0.717, 1.165) is 4.47 Å². The molecule has 14 heavy (non-hydrogen) atoms. The Hall–Kier alpha value is -0.450. The molecular formula is C10H13BrFNO. The third-order valence-corrected chi connectivity index (χ3v) is 2.42. The summed E-state index contributed by atoms with van der Waals surface area (Å²) >= 11 is 3.28. The minimum absolute atomic E-state index is 0.0200. The van der Waals surface area contributed by atoms with Crippen LogP contribution in [0.5, 0.6) is 0 Å². The van der Waals surface area contributed by atoms with Crippen molar-refractivity contribution in [3.8, 4) is 0 Å². The lowest BCUT2D eigenvalue weighted by atomic mass is 10.2. The lowest BCUT2D eigenvalue weighted by molar-refractivity contribution is 0.250. The first kappa shape index (κ1) is 11.6. The molecule has 1 rings (SSSR count). The maximum absolute atomic E-state index is 13.2. The molecule has 0 aromatic heterocycles. The lowest BCUT2D eigenvalue weighted by Gasteiger charge is -2.11. The van der Waals surface area contributed by atoms with E-state index in [1.807, 2.05) is 6.92 Å². The predicted molar refractivity (Wildman–Crippen MR) is 57.5 cm³/mol. The highest BCUT2D eigenvalue weighted by Gasteiger charge is 2.04. The summed E-state index contributed by atoms with van der Waals surface area (Å²) in [6.07, 6.45) is 0. The lowest BCUT2D eigenvalue weighted by Crippen LogP contribution is -2.28. The fourth-order valence-corrected chi connectivity index (χ4v) is 1.44. The van der Waals surface area contributed by atoms with Crippen LogP contribution in [0.25, 0.3) is 0 Å². The molecule has 1 atom stereocenters. The minimum Gasteiger partial charge on any atom is -0.395 e. The van der Waals surface area contributed by atoms with Gasteiger partial charge in [-0.25, -0.2) is 4.39 Å². The number of nitrogens with one attached hydrogen (secondary N) is 1. The van der Waals surface area contributed by atoms with Crippen LogP contribution in [0, 0.1) is 5.82 Å². The van der Waals surface area contributed by atoms with Gasteiger partial charge in [0.05, 0.1) is 6.61 Å².